The van der Waals surface area contributed by atoms with E-state index in [1.54, 1.807) is 17.0 Å². The molecule has 1 saturated heterocycles. The number of benzene rings is 1. The summed E-state index contributed by atoms with van der Waals surface area (Å²) in [5.74, 6) is -0.0170. The van der Waals surface area contributed by atoms with Crippen LogP contribution in [-0.2, 0) is 16.1 Å². The van der Waals surface area contributed by atoms with Crippen molar-refractivity contribution in [2.24, 2.45) is 5.73 Å². The van der Waals surface area contributed by atoms with Crippen LogP contribution in [0.25, 0.3) is 0 Å². The lowest BCUT2D eigenvalue weighted by Crippen LogP contribution is -2.45. The number of carbonyl (C=O) groups excluding carboxylic acids is 1. The van der Waals surface area contributed by atoms with Gasteiger partial charge in [0.25, 0.3) is 0 Å². The summed E-state index contributed by atoms with van der Waals surface area (Å²) in [4.78, 5) is 13.3. The average molecular weight is 273 g/mol. The molecule has 1 aliphatic heterocycles. The van der Waals surface area contributed by atoms with Gasteiger partial charge in [-0.15, -0.1) is 0 Å². The monoisotopic (exact) mass is 273 g/mol. The molecule has 0 aliphatic carbocycles. The fraction of sp³-hybridized carbons (Fsp3) is 0.467. The Bertz CT molecular complexity index is 493. The molecule has 1 heterocycles. The van der Waals surface area contributed by atoms with Crippen LogP contribution in [0.15, 0.2) is 24.3 Å². The van der Waals surface area contributed by atoms with Crippen molar-refractivity contribution in [3.05, 3.63) is 35.4 Å². The van der Waals surface area contributed by atoms with Crippen molar-refractivity contribution in [1.29, 1.82) is 5.26 Å². The number of piperidine rings is 1. The number of rotatable bonds is 4. The fourth-order valence-corrected chi connectivity index (χ4v) is 2.32. The van der Waals surface area contributed by atoms with E-state index in [0.717, 1.165) is 24.9 Å². The Morgan fingerprint density at radius 2 is 2.20 bits per heavy atom. The number of ether oxygens (including phenoxy) is 1. The number of hydrogen-bond acceptors (Lipinski definition) is 4. The molecule has 1 atom stereocenters. The molecule has 0 spiro atoms. The van der Waals surface area contributed by atoms with Crippen molar-refractivity contribution in [3.63, 3.8) is 0 Å². The first-order chi connectivity index (χ1) is 9.72. The van der Waals surface area contributed by atoms with Gasteiger partial charge in [0.2, 0.25) is 5.91 Å². The Balaban J connectivity index is 1.84. The minimum Gasteiger partial charge on any atom is -0.372 e. The SMILES string of the molecule is N#Cc1ccc(COC2CCCN(C(=O)CN)C2)cc1. The number of likely N-dealkylation sites (tertiary alicyclic amines) is 1. The smallest absolute Gasteiger partial charge is 0.236 e. The Morgan fingerprint density at radius 3 is 2.85 bits per heavy atom. The van der Waals surface area contributed by atoms with Crippen LogP contribution in [0.1, 0.15) is 24.0 Å². The molecule has 1 aliphatic rings. The van der Waals surface area contributed by atoms with Gasteiger partial charge < -0.3 is 15.4 Å². The predicted octanol–water partition coefficient (Wildman–Crippen LogP) is 1.02. The average Bonchev–Trinajstić information content (AvgIpc) is 2.53. The number of amides is 1. The van der Waals surface area contributed by atoms with E-state index in [4.69, 9.17) is 15.7 Å². The van der Waals surface area contributed by atoms with Crippen molar-refractivity contribution in [2.75, 3.05) is 19.6 Å². The van der Waals surface area contributed by atoms with Crippen LogP contribution in [0.2, 0.25) is 0 Å². The third-order valence-corrected chi connectivity index (χ3v) is 3.47. The highest BCUT2D eigenvalue weighted by Crippen LogP contribution is 2.15. The molecule has 1 fully saturated rings. The molecule has 1 unspecified atom stereocenters. The van der Waals surface area contributed by atoms with E-state index in [2.05, 4.69) is 6.07 Å². The summed E-state index contributed by atoms with van der Waals surface area (Å²) in [6, 6.07) is 9.44. The van der Waals surface area contributed by atoms with E-state index in [0.29, 0.717) is 18.7 Å². The van der Waals surface area contributed by atoms with Crippen LogP contribution in [0.5, 0.6) is 0 Å². The molecule has 1 aromatic carbocycles. The molecule has 106 valence electrons. The zero-order valence-electron chi connectivity index (χ0n) is 11.4. The van der Waals surface area contributed by atoms with Crippen molar-refractivity contribution >= 4 is 5.91 Å². The van der Waals surface area contributed by atoms with Crippen LogP contribution >= 0.6 is 0 Å². The van der Waals surface area contributed by atoms with Gasteiger partial charge in [0.1, 0.15) is 0 Å². The number of nitrogens with zero attached hydrogens (tertiary/aromatic N) is 2. The van der Waals surface area contributed by atoms with Gasteiger partial charge in [0.15, 0.2) is 0 Å². The van der Waals surface area contributed by atoms with E-state index >= 15 is 0 Å². The first kappa shape index (κ1) is 14.5. The molecular weight excluding hydrogens is 254 g/mol. The molecule has 5 nitrogen and oxygen atoms in total. The maximum atomic E-state index is 11.6. The molecule has 20 heavy (non-hydrogen) atoms. The van der Waals surface area contributed by atoms with Gasteiger partial charge in [-0.1, -0.05) is 12.1 Å². The van der Waals surface area contributed by atoms with Crippen molar-refractivity contribution < 1.29 is 9.53 Å². The summed E-state index contributed by atoms with van der Waals surface area (Å²) < 4.78 is 5.85. The second kappa shape index (κ2) is 7.04. The van der Waals surface area contributed by atoms with Gasteiger partial charge in [-0.05, 0) is 30.5 Å². The van der Waals surface area contributed by atoms with Crippen LogP contribution in [-0.4, -0.2) is 36.5 Å². The van der Waals surface area contributed by atoms with E-state index in [-0.39, 0.29) is 18.6 Å². The molecule has 1 aromatic rings. The minimum absolute atomic E-state index is 0.0170. The van der Waals surface area contributed by atoms with Crippen LogP contribution in [0.4, 0.5) is 0 Å². The number of nitriles is 1. The zero-order chi connectivity index (χ0) is 14.4. The van der Waals surface area contributed by atoms with Crippen LogP contribution in [0, 0.1) is 11.3 Å². The van der Waals surface area contributed by atoms with Gasteiger partial charge in [0.05, 0.1) is 30.9 Å². The summed E-state index contributed by atoms with van der Waals surface area (Å²) >= 11 is 0. The lowest BCUT2D eigenvalue weighted by molar-refractivity contribution is -0.134. The maximum Gasteiger partial charge on any atom is 0.236 e. The quantitative estimate of drug-likeness (QED) is 0.888. The van der Waals surface area contributed by atoms with Crippen molar-refractivity contribution in [2.45, 2.75) is 25.6 Å². The lowest BCUT2D eigenvalue weighted by Gasteiger charge is -2.32. The standard InChI is InChI=1S/C15H19N3O2/c16-8-12-3-5-13(6-4-12)11-20-14-2-1-7-18(10-14)15(19)9-17/h3-6,14H,1-2,7,9-11,17H2. The molecule has 1 amide bonds. The molecule has 0 bridgehead atoms. The number of carbonyl (C=O) groups is 1. The second-order valence-electron chi connectivity index (χ2n) is 4.93. The number of hydrogen-bond donors (Lipinski definition) is 1. The van der Waals surface area contributed by atoms with Crippen LogP contribution < -0.4 is 5.73 Å². The first-order valence-corrected chi connectivity index (χ1v) is 6.81. The zero-order valence-corrected chi connectivity index (χ0v) is 11.4. The minimum atomic E-state index is -0.0170. The van der Waals surface area contributed by atoms with Gasteiger partial charge in [-0.2, -0.15) is 5.26 Å². The van der Waals surface area contributed by atoms with Crippen LogP contribution in [0.3, 0.4) is 0 Å². The Labute approximate surface area is 118 Å². The predicted molar refractivity (Wildman–Crippen MR) is 74.6 cm³/mol. The third kappa shape index (κ3) is 3.80. The topological polar surface area (TPSA) is 79.3 Å². The van der Waals surface area contributed by atoms with E-state index in [1.807, 2.05) is 12.1 Å². The Hall–Kier alpha value is -1.90. The van der Waals surface area contributed by atoms with E-state index in [1.165, 1.54) is 0 Å². The lowest BCUT2D eigenvalue weighted by atomic mass is 10.1. The Kier molecular flexibility index (Phi) is 5.10. The van der Waals surface area contributed by atoms with Gasteiger partial charge in [0, 0.05) is 13.1 Å². The number of nitrogens with two attached hydrogens (primary N) is 1. The molecule has 2 rings (SSSR count). The van der Waals surface area contributed by atoms with Gasteiger partial charge in [-0.25, -0.2) is 0 Å². The molecule has 2 N–H and O–H groups in total. The second-order valence-corrected chi connectivity index (χ2v) is 4.93. The molecule has 5 heteroatoms. The summed E-state index contributed by atoms with van der Waals surface area (Å²) in [6.45, 7) is 1.95. The van der Waals surface area contributed by atoms with E-state index < -0.39 is 0 Å². The van der Waals surface area contributed by atoms with Crippen molar-refractivity contribution in [1.82, 2.24) is 4.90 Å². The molecular formula is C15H19N3O2. The highest BCUT2D eigenvalue weighted by molar-refractivity contribution is 5.78. The summed E-state index contributed by atoms with van der Waals surface area (Å²) in [6.07, 6.45) is 1.98. The first-order valence-electron chi connectivity index (χ1n) is 6.81. The third-order valence-electron chi connectivity index (χ3n) is 3.47. The molecule has 0 radical (unpaired) electrons. The summed E-state index contributed by atoms with van der Waals surface area (Å²) in [7, 11) is 0. The fourth-order valence-electron chi connectivity index (χ4n) is 2.32. The highest BCUT2D eigenvalue weighted by Gasteiger charge is 2.23. The molecule has 0 aromatic heterocycles. The maximum absolute atomic E-state index is 11.6. The Morgan fingerprint density at radius 1 is 1.45 bits per heavy atom. The van der Waals surface area contributed by atoms with Gasteiger partial charge in [-0.3, -0.25) is 4.79 Å². The summed E-state index contributed by atoms with van der Waals surface area (Å²) in [5.41, 5.74) is 7.06. The van der Waals surface area contributed by atoms with Gasteiger partial charge >= 0.3 is 0 Å². The normalized spacial score (nSPS) is 18.6. The van der Waals surface area contributed by atoms with E-state index in [9.17, 15) is 4.79 Å². The largest absolute Gasteiger partial charge is 0.372 e. The summed E-state index contributed by atoms with van der Waals surface area (Å²) in [5, 5.41) is 8.74. The van der Waals surface area contributed by atoms with Crippen molar-refractivity contribution in [3.8, 4) is 6.07 Å². The highest BCUT2D eigenvalue weighted by atomic mass is 16.5. The molecule has 0 saturated carbocycles.